The van der Waals surface area contributed by atoms with Crippen molar-refractivity contribution in [2.45, 2.75) is 0 Å². The number of carbonyl (C=O) groups is 2. The highest BCUT2D eigenvalue weighted by Gasteiger charge is 2.29. The first kappa shape index (κ1) is 9.15. The molecule has 1 N–H and O–H groups in total. The molecule has 0 saturated carbocycles. The second-order valence-electron chi connectivity index (χ2n) is 3.91. The monoisotopic (exact) mass is 214 g/mol. The van der Waals surface area contributed by atoms with Gasteiger partial charge < -0.3 is 9.88 Å². The van der Waals surface area contributed by atoms with Gasteiger partial charge >= 0.3 is 0 Å². The van der Waals surface area contributed by atoms with Crippen LogP contribution in [0.4, 0.5) is 0 Å². The number of fused-ring (bicyclic) bond motifs is 3. The topological polar surface area (TPSA) is 51.1 Å². The molecule has 2 aromatic rings. The lowest BCUT2D eigenvalue weighted by Gasteiger charge is -2.13. The summed E-state index contributed by atoms with van der Waals surface area (Å²) in [5.74, 6) is -0.195. The summed E-state index contributed by atoms with van der Waals surface area (Å²) in [4.78, 5) is 23.6. The zero-order valence-electron chi connectivity index (χ0n) is 8.78. The van der Waals surface area contributed by atoms with Crippen LogP contribution in [0, 0.1) is 0 Å². The van der Waals surface area contributed by atoms with E-state index in [9.17, 15) is 9.59 Å². The van der Waals surface area contributed by atoms with E-state index < -0.39 is 0 Å². The second kappa shape index (κ2) is 2.95. The van der Waals surface area contributed by atoms with Crippen molar-refractivity contribution in [1.29, 1.82) is 0 Å². The first-order chi connectivity index (χ1) is 7.70. The van der Waals surface area contributed by atoms with Crippen LogP contribution in [-0.4, -0.2) is 22.8 Å². The molecule has 0 fully saturated rings. The van der Waals surface area contributed by atoms with Crippen LogP contribution in [0.25, 0.3) is 10.9 Å². The number of ketones is 1. The number of rotatable bonds is 0. The Balaban J connectivity index is 2.51. The molecule has 0 spiro atoms. The van der Waals surface area contributed by atoms with Gasteiger partial charge in [0.1, 0.15) is 5.69 Å². The predicted molar refractivity (Wildman–Crippen MR) is 59.6 cm³/mol. The molecule has 0 unspecified atom stereocenters. The molecule has 1 amide bonds. The lowest BCUT2D eigenvalue weighted by Crippen LogP contribution is -2.37. The molecule has 1 aliphatic heterocycles. The van der Waals surface area contributed by atoms with Gasteiger partial charge in [0.15, 0.2) is 5.78 Å². The molecular weight excluding hydrogens is 204 g/mol. The zero-order valence-corrected chi connectivity index (χ0v) is 8.78. The molecule has 4 nitrogen and oxygen atoms in total. The van der Waals surface area contributed by atoms with Gasteiger partial charge in [-0.25, -0.2) is 0 Å². The minimum atomic E-state index is -0.173. The first-order valence-electron chi connectivity index (χ1n) is 5.09. The lowest BCUT2D eigenvalue weighted by molar-refractivity contribution is 0.0872. The highest BCUT2D eigenvalue weighted by atomic mass is 16.2. The van der Waals surface area contributed by atoms with E-state index in [1.807, 2.05) is 24.3 Å². The van der Waals surface area contributed by atoms with E-state index in [4.69, 9.17) is 0 Å². The van der Waals surface area contributed by atoms with Crippen LogP contribution in [0.2, 0.25) is 0 Å². The molecule has 0 atom stereocenters. The van der Waals surface area contributed by atoms with Crippen LogP contribution in [0.15, 0.2) is 24.3 Å². The smallest absolute Gasteiger partial charge is 0.269 e. The SMILES string of the molecule is Cn1c2c(c3ccccc31)C(=O)CNC2=O. The van der Waals surface area contributed by atoms with E-state index in [-0.39, 0.29) is 18.2 Å². The molecule has 3 rings (SSSR count). The molecule has 0 aliphatic carbocycles. The quantitative estimate of drug-likeness (QED) is 0.714. The van der Waals surface area contributed by atoms with Crippen molar-refractivity contribution in [3.8, 4) is 0 Å². The second-order valence-corrected chi connectivity index (χ2v) is 3.91. The summed E-state index contributed by atoms with van der Waals surface area (Å²) in [6, 6.07) is 7.57. The number of carbonyl (C=O) groups excluding carboxylic acids is 2. The Morgan fingerprint density at radius 3 is 2.81 bits per heavy atom. The Morgan fingerprint density at radius 2 is 2.00 bits per heavy atom. The first-order valence-corrected chi connectivity index (χ1v) is 5.09. The maximum absolute atomic E-state index is 11.8. The summed E-state index contributed by atoms with van der Waals surface area (Å²) in [6.45, 7) is 0.0971. The summed E-state index contributed by atoms with van der Waals surface area (Å²) in [6.07, 6.45) is 0. The molecule has 4 heteroatoms. The van der Waals surface area contributed by atoms with Crippen LogP contribution < -0.4 is 5.32 Å². The van der Waals surface area contributed by atoms with Crippen LogP contribution in [0.5, 0.6) is 0 Å². The largest absolute Gasteiger partial charge is 0.343 e. The maximum atomic E-state index is 11.8. The standard InChI is InChI=1S/C12H10N2O2/c1-14-8-5-3-2-4-7(8)10-9(15)6-13-12(16)11(10)14/h2-5H,6H2,1H3,(H,13,16). The van der Waals surface area contributed by atoms with Crippen LogP contribution in [-0.2, 0) is 7.05 Å². The average Bonchev–Trinajstić information content (AvgIpc) is 2.60. The molecule has 1 aromatic carbocycles. The van der Waals surface area contributed by atoms with Crippen molar-refractivity contribution in [2.24, 2.45) is 7.05 Å². The molecule has 16 heavy (non-hydrogen) atoms. The number of nitrogens with one attached hydrogen (secondary N) is 1. The highest BCUT2D eigenvalue weighted by Crippen LogP contribution is 2.27. The molecule has 80 valence electrons. The number of para-hydroxylation sites is 1. The van der Waals surface area contributed by atoms with E-state index in [1.165, 1.54) is 0 Å². The average molecular weight is 214 g/mol. The molecule has 0 radical (unpaired) electrons. The summed E-state index contributed by atoms with van der Waals surface area (Å²) in [7, 11) is 1.80. The number of benzene rings is 1. The van der Waals surface area contributed by atoms with Crippen molar-refractivity contribution < 1.29 is 9.59 Å². The van der Waals surface area contributed by atoms with E-state index in [2.05, 4.69) is 5.32 Å². The number of nitrogens with zero attached hydrogens (tertiary/aromatic N) is 1. The lowest BCUT2D eigenvalue weighted by atomic mass is 10.0. The Bertz CT molecular complexity index is 625. The predicted octanol–water partition coefficient (Wildman–Crippen LogP) is 1.10. The Labute approximate surface area is 91.9 Å². The number of aromatic nitrogens is 1. The van der Waals surface area contributed by atoms with Gasteiger partial charge in [0.05, 0.1) is 12.1 Å². The fraction of sp³-hybridized carbons (Fsp3) is 0.167. The van der Waals surface area contributed by atoms with Gasteiger partial charge in [-0.3, -0.25) is 9.59 Å². The van der Waals surface area contributed by atoms with Crippen LogP contribution >= 0.6 is 0 Å². The van der Waals surface area contributed by atoms with Gasteiger partial charge in [-0.2, -0.15) is 0 Å². The molecule has 0 saturated heterocycles. The van der Waals surface area contributed by atoms with E-state index in [0.29, 0.717) is 11.3 Å². The van der Waals surface area contributed by atoms with E-state index in [1.54, 1.807) is 11.6 Å². The van der Waals surface area contributed by atoms with Crippen molar-refractivity contribution in [2.75, 3.05) is 6.54 Å². The van der Waals surface area contributed by atoms with Crippen molar-refractivity contribution in [1.82, 2.24) is 9.88 Å². The van der Waals surface area contributed by atoms with Gasteiger partial charge in [-0.05, 0) is 6.07 Å². The number of Topliss-reactive ketones (excluding diaryl/α,β-unsaturated/α-hetero) is 1. The molecule has 1 aromatic heterocycles. The van der Waals surface area contributed by atoms with Crippen molar-refractivity contribution >= 4 is 22.6 Å². The minimum absolute atomic E-state index is 0.0219. The maximum Gasteiger partial charge on any atom is 0.269 e. The molecule has 0 bridgehead atoms. The number of amides is 1. The number of hydrogen-bond acceptors (Lipinski definition) is 2. The Morgan fingerprint density at radius 1 is 1.25 bits per heavy atom. The van der Waals surface area contributed by atoms with Crippen LogP contribution in [0.1, 0.15) is 20.8 Å². The van der Waals surface area contributed by atoms with Gasteiger partial charge in [0.2, 0.25) is 0 Å². The zero-order chi connectivity index (χ0) is 11.3. The van der Waals surface area contributed by atoms with Crippen LogP contribution in [0.3, 0.4) is 0 Å². The number of hydrogen-bond donors (Lipinski definition) is 1. The molecule has 2 heterocycles. The minimum Gasteiger partial charge on any atom is -0.343 e. The third kappa shape index (κ3) is 0.984. The number of aryl methyl sites for hydroxylation is 1. The summed E-state index contributed by atoms with van der Waals surface area (Å²) in [5.41, 5.74) is 1.94. The van der Waals surface area contributed by atoms with Gasteiger partial charge in [-0.15, -0.1) is 0 Å². The van der Waals surface area contributed by atoms with Gasteiger partial charge in [0, 0.05) is 18.0 Å². The summed E-state index contributed by atoms with van der Waals surface area (Å²) >= 11 is 0. The fourth-order valence-electron chi connectivity index (χ4n) is 2.27. The van der Waals surface area contributed by atoms with Crippen molar-refractivity contribution in [3.05, 3.63) is 35.5 Å². The Hall–Kier alpha value is -2.10. The third-order valence-electron chi connectivity index (χ3n) is 3.01. The summed E-state index contributed by atoms with van der Waals surface area (Å²) < 4.78 is 1.77. The summed E-state index contributed by atoms with van der Waals surface area (Å²) in [5, 5.41) is 3.44. The van der Waals surface area contributed by atoms with Crippen molar-refractivity contribution in [3.63, 3.8) is 0 Å². The van der Waals surface area contributed by atoms with E-state index >= 15 is 0 Å². The van der Waals surface area contributed by atoms with Gasteiger partial charge in [0.25, 0.3) is 5.91 Å². The third-order valence-corrected chi connectivity index (χ3v) is 3.01. The van der Waals surface area contributed by atoms with E-state index in [0.717, 1.165) is 10.9 Å². The normalized spacial score (nSPS) is 15.1. The molecular formula is C12H10N2O2. The highest BCUT2D eigenvalue weighted by molar-refractivity contribution is 6.20. The van der Waals surface area contributed by atoms with Gasteiger partial charge in [-0.1, -0.05) is 18.2 Å². The fourth-order valence-corrected chi connectivity index (χ4v) is 2.27. The Kier molecular flexibility index (Phi) is 1.68. The molecule has 1 aliphatic rings.